The Kier molecular flexibility index (Phi) is 8.32. The molecule has 2 aromatic heterocycles. The Hall–Kier alpha value is -2.80. The quantitative estimate of drug-likeness (QED) is 0.424. The summed E-state index contributed by atoms with van der Waals surface area (Å²) < 4.78 is 1.85. The van der Waals surface area contributed by atoms with Crippen LogP contribution in [0.2, 0.25) is 0 Å². The summed E-state index contributed by atoms with van der Waals surface area (Å²) in [6, 6.07) is 9.73. The monoisotopic (exact) mass is 424 g/mol. The van der Waals surface area contributed by atoms with Crippen molar-refractivity contribution in [3.05, 3.63) is 60.1 Å². The number of benzene rings is 1. The predicted octanol–water partition coefficient (Wildman–Crippen LogP) is 4.79. The van der Waals surface area contributed by atoms with Crippen LogP contribution in [0.1, 0.15) is 57.2 Å². The van der Waals surface area contributed by atoms with Gasteiger partial charge in [-0.05, 0) is 12.8 Å². The molecule has 0 aliphatic heterocycles. The van der Waals surface area contributed by atoms with E-state index in [-0.39, 0.29) is 11.9 Å². The molecule has 0 spiro atoms. The van der Waals surface area contributed by atoms with Crippen molar-refractivity contribution < 1.29 is 9.59 Å². The summed E-state index contributed by atoms with van der Waals surface area (Å²) in [7, 11) is 0. The number of carbonyl (C=O) groups excluding carboxylic acids is 2. The summed E-state index contributed by atoms with van der Waals surface area (Å²) in [6.45, 7) is 2.30. The van der Waals surface area contributed by atoms with Gasteiger partial charge in [0.2, 0.25) is 5.91 Å². The van der Waals surface area contributed by atoms with Gasteiger partial charge in [-0.15, -0.1) is 11.3 Å². The first-order chi connectivity index (χ1) is 14.7. The largest absolute Gasteiger partial charge is 0.349 e. The number of nitrogens with zero attached hydrogens (tertiary/aromatic N) is 3. The van der Waals surface area contributed by atoms with E-state index in [0.29, 0.717) is 25.2 Å². The number of imidazole rings is 1. The van der Waals surface area contributed by atoms with Gasteiger partial charge < -0.3 is 9.88 Å². The van der Waals surface area contributed by atoms with Gasteiger partial charge in [-0.2, -0.15) is 0 Å². The van der Waals surface area contributed by atoms with Crippen molar-refractivity contribution in [2.24, 2.45) is 0 Å². The molecule has 1 N–H and O–H groups in total. The lowest BCUT2D eigenvalue weighted by Crippen LogP contribution is -2.32. The molecule has 0 aliphatic carbocycles. The minimum Gasteiger partial charge on any atom is -0.349 e. The van der Waals surface area contributed by atoms with Crippen LogP contribution < -0.4 is 5.32 Å². The maximum Gasteiger partial charge on any atom is 0.243 e. The van der Waals surface area contributed by atoms with E-state index in [9.17, 15) is 9.59 Å². The first-order valence-electron chi connectivity index (χ1n) is 10.4. The fourth-order valence-corrected chi connectivity index (χ4v) is 4.11. The molecule has 3 aromatic rings. The van der Waals surface area contributed by atoms with Gasteiger partial charge in [0, 0.05) is 36.2 Å². The van der Waals surface area contributed by atoms with Crippen molar-refractivity contribution in [1.82, 2.24) is 19.9 Å². The summed E-state index contributed by atoms with van der Waals surface area (Å²) in [6.07, 6.45) is 9.85. The number of rotatable bonds is 12. The number of hydrogen-bond acceptors (Lipinski definition) is 5. The van der Waals surface area contributed by atoms with Crippen molar-refractivity contribution in [2.75, 3.05) is 0 Å². The molecule has 0 unspecified atom stereocenters. The van der Waals surface area contributed by atoms with Crippen LogP contribution in [0.5, 0.6) is 0 Å². The van der Waals surface area contributed by atoms with E-state index in [1.54, 1.807) is 23.9 Å². The van der Waals surface area contributed by atoms with Crippen LogP contribution >= 0.6 is 11.3 Å². The molecule has 1 aromatic carbocycles. The summed E-state index contributed by atoms with van der Waals surface area (Å²) >= 11 is 1.58. The highest BCUT2D eigenvalue weighted by molar-refractivity contribution is 7.13. The molecule has 1 amide bonds. The molecule has 0 fully saturated rings. The van der Waals surface area contributed by atoms with Gasteiger partial charge in [-0.1, -0.05) is 50.1 Å². The fraction of sp³-hybridized carbons (Fsp3) is 0.391. The molecule has 30 heavy (non-hydrogen) atoms. The highest BCUT2D eigenvalue weighted by Gasteiger charge is 2.20. The lowest BCUT2D eigenvalue weighted by atomic mass is 10.0. The number of carbonyl (C=O) groups is 2. The zero-order valence-electron chi connectivity index (χ0n) is 17.3. The Labute approximate surface area is 181 Å². The number of Topliss-reactive ketones (excluding diaryl/α,β-unsaturated/α-hetero) is 1. The number of unbranched alkanes of at least 4 members (excludes halogenated alkanes) is 2. The van der Waals surface area contributed by atoms with Gasteiger partial charge in [0.05, 0.1) is 18.6 Å². The minimum absolute atomic E-state index is 0.0353. The lowest BCUT2D eigenvalue weighted by Gasteiger charge is -2.18. The molecule has 3 rings (SSSR count). The second-order valence-corrected chi connectivity index (χ2v) is 8.10. The zero-order valence-corrected chi connectivity index (χ0v) is 18.1. The average molecular weight is 425 g/mol. The molecule has 6 nitrogen and oxygen atoms in total. The van der Waals surface area contributed by atoms with E-state index in [1.165, 1.54) is 0 Å². The van der Waals surface area contributed by atoms with Crippen LogP contribution in [-0.4, -0.2) is 26.2 Å². The first kappa shape index (κ1) is 21.9. The smallest absolute Gasteiger partial charge is 0.243 e. The standard InChI is InChI=1S/C23H28N4O2S/c1-2-20(28)11-7-4-8-12-21(27-14-13-24-17-27)22(29)25-15-19-16-30-23(26-19)18-9-5-3-6-10-18/h3,5-6,9-10,13-14,16-17,21H,2,4,7-8,11-12,15H2,1H3,(H,25,29)/t21-/m0/s1. The molecule has 0 saturated carbocycles. The molecule has 2 heterocycles. The Morgan fingerprint density at radius 1 is 1.17 bits per heavy atom. The maximum absolute atomic E-state index is 12.9. The van der Waals surface area contributed by atoms with E-state index >= 15 is 0 Å². The molecule has 158 valence electrons. The highest BCUT2D eigenvalue weighted by Crippen LogP contribution is 2.23. The molecular formula is C23H28N4O2S. The van der Waals surface area contributed by atoms with Gasteiger partial charge in [-0.25, -0.2) is 9.97 Å². The normalized spacial score (nSPS) is 11.9. The maximum atomic E-state index is 12.9. The highest BCUT2D eigenvalue weighted by atomic mass is 32.1. The van der Waals surface area contributed by atoms with E-state index in [2.05, 4.69) is 15.3 Å². The summed E-state index contributed by atoms with van der Waals surface area (Å²) in [5, 5.41) is 5.96. The van der Waals surface area contributed by atoms with Gasteiger partial charge >= 0.3 is 0 Å². The van der Waals surface area contributed by atoms with E-state index in [1.807, 2.05) is 53.4 Å². The van der Waals surface area contributed by atoms with Crippen LogP contribution in [0.15, 0.2) is 54.4 Å². The summed E-state index contributed by atoms with van der Waals surface area (Å²) in [5.74, 6) is 0.268. The van der Waals surface area contributed by atoms with Crippen molar-refractivity contribution in [2.45, 2.75) is 58.0 Å². The molecule has 0 radical (unpaired) electrons. The van der Waals surface area contributed by atoms with Gasteiger partial charge in [0.25, 0.3) is 0 Å². The molecule has 0 aliphatic rings. The number of thiazole rings is 1. The summed E-state index contributed by atoms with van der Waals surface area (Å²) in [4.78, 5) is 33.0. The number of amides is 1. The molecule has 7 heteroatoms. The molecule has 0 saturated heterocycles. The molecule has 0 bridgehead atoms. The van der Waals surface area contributed by atoms with Crippen LogP contribution in [0, 0.1) is 0 Å². The van der Waals surface area contributed by atoms with E-state index in [0.717, 1.165) is 41.9 Å². The van der Waals surface area contributed by atoms with E-state index < -0.39 is 0 Å². The second-order valence-electron chi connectivity index (χ2n) is 7.25. The third kappa shape index (κ3) is 6.35. The number of ketones is 1. The predicted molar refractivity (Wildman–Crippen MR) is 119 cm³/mol. The Morgan fingerprint density at radius 2 is 2.00 bits per heavy atom. The van der Waals surface area contributed by atoms with Crippen LogP contribution in [0.25, 0.3) is 10.6 Å². The third-order valence-corrected chi connectivity index (χ3v) is 5.97. The fourth-order valence-electron chi connectivity index (χ4n) is 3.28. The van der Waals surface area contributed by atoms with E-state index in [4.69, 9.17) is 0 Å². The van der Waals surface area contributed by atoms with Gasteiger partial charge in [0.15, 0.2) is 0 Å². The number of nitrogens with one attached hydrogen (secondary N) is 1. The SMILES string of the molecule is CCC(=O)CCCCC[C@@H](C(=O)NCc1csc(-c2ccccc2)n1)n1ccnc1. The Morgan fingerprint density at radius 3 is 2.73 bits per heavy atom. The van der Waals surface area contributed by atoms with Gasteiger partial charge in [-0.3, -0.25) is 9.59 Å². The van der Waals surface area contributed by atoms with Crippen molar-refractivity contribution >= 4 is 23.0 Å². The molecular weight excluding hydrogens is 396 g/mol. The van der Waals surface area contributed by atoms with Crippen molar-refractivity contribution in [3.63, 3.8) is 0 Å². The Bertz CT molecular complexity index is 922. The van der Waals surface area contributed by atoms with Crippen LogP contribution in [-0.2, 0) is 16.1 Å². The van der Waals surface area contributed by atoms with Gasteiger partial charge in [0.1, 0.15) is 16.8 Å². The van der Waals surface area contributed by atoms with Crippen LogP contribution in [0.3, 0.4) is 0 Å². The lowest BCUT2D eigenvalue weighted by molar-refractivity contribution is -0.125. The van der Waals surface area contributed by atoms with Crippen molar-refractivity contribution in [3.8, 4) is 10.6 Å². The topological polar surface area (TPSA) is 76.9 Å². The second kappa shape index (κ2) is 11.4. The van der Waals surface area contributed by atoms with Crippen molar-refractivity contribution in [1.29, 1.82) is 0 Å². The zero-order chi connectivity index (χ0) is 21.2. The Balaban J connectivity index is 1.52. The van der Waals surface area contributed by atoms with Crippen LogP contribution in [0.4, 0.5) is 0 Å². The number of aromatic nitrogens is 3. The first-order valence-corrected chi connectivity index (χ1v) is 11.3. The third-order valence-electron chi connectivity index (χ3n) is 5.03. The minimum atomic E-state index is -0.304. The average Bonchev–Trinajstić information content (AvgIpc) is 3.47. The molecule has 1 atom stereocenters. The number of hydrogen-bond donors (Lipinski definition) is 1. The summed E-state index contributed by atoms with van der Waals surface area (Å²) in [5.41, 5.74) is 1.94.